The van der Waals surface area contributed by atoms with Gasteiger partial charge in [-0.2, -0.15) is 13.2 Å². The van der Waals surface area contributed by atoms with Gasteiger partial charge in [0, 0.05) is 43.4 Å². The first-order valence-electron chi connectivity index (χ1n) is 12.6. The van der Waals surface area contributed by atoms with Crippen molar-refractivity contribution in [1.29, 1.82) is 0 Å². The number of Topliss-reactive ketones (excluding diaryl/α,β-unsaturated/α-hetero) is 1. The van der Waals surface area contributed by atoms with Gasteiger partial charge in [0.1, 0.15) is 5.75 Å². The highest BCUT2D eigenvalue weighted by molar-refractivity contribution is 5.98. The van der Waals surface area contributed by atoms with Crippen LogP contribution in [0, 0.1) is 5.92 Å². The van der Waals surface area contributed by atoms with E-state index in [-0.39, 0.29) is 28.6 Å². The molecule has 1 aliphatic carbocycles. The molecule has 1 saturated carbocycles. The lowest BCUT2D eigenvalue weighted by molar-refractivity contribution is -0.139. The molecule has 2 aromatic rings. The highest BCUT2D eigenvalue weighted by Crippen LogP contribution is 2.43. The molecule has 9 heteroatoms. The third-order valence-electron chi connectivity index (χ3n) is 7.82. The van der Waals surface area contributed by atoms with Crippen LogP contribution in [0.3, 0.4) is 0 Å². The Balaban J connectivity index is 1.36. The van der Waals surface area contributed by atoms with E-state index in [9.17, 15) is 22.8 Å². The number of nitrogens with zero attached hydrogens (tertiary/aromatic N) is 3. The summed E-state index contributed by atoms with van der Waals surface area (Å²) < 4.78 is 48.5. The maximum atomic E-state index is 13.7. The number of likely N-dealkylation sites (N-methyl/N-ethyl adjacent to an activating group) is 1. The number of hydrogen-bond acceptors (Lipinski definition) is 4. The Kier molecular flexibility index (Phi) is 6.17. The zero-order chi connectivity index (χ0) is 25.8. The predicted molar refractivity (Wildman–Crippen MR) is 128 cm³/mol. The Bertz CT molecular complexity index is 1170. The molecule has 1 aromatic carbocycles. The number of amides is 1. The number of carbonyl (C=O) groups excluding carboxylic acids is 2. The van der Waals surface area contributed by atoms with Gasteiger partial charge in [-0.1, -0.05) is 0 Å². The average Bonchev–Trinajstić information content (AvgIpc) is 3.59. The molecule has 0 radical (unpaired) electrons. The molecule has 0 bridgehead atoms. The molecule has 1 spiro atoms. The summed E-state index contributed by atoms with van der Waals surface area (Å²) in [7, 11) is 2.07. The Labute approximate surface area is 209 Å². The number of alkyl halides is 3. The lowest BCUT2D eigenvalue weighted by Crippen LogP contribution is -2.56. The molecule has 2 fully saturated rings. The summed E-state index contributed by atoms with van der Waals surface area (Å²) in [5.74, 6) is -0.311. The first-order valence-corrected chi connectivity index (χ1v) is 12.6. The third-order valence-corrected chi connectivity index (χ3v) is 7.82. The summed E-state index contributed by atoms with van der Waals surface area (Å²) in [6, 6.07) is 7.53. The summed E-state index contributed by atoms with van der Waals surface area (Å²) in [6.45, 7) is 5.71. The Hall–Kier alpha value is -2.81. The molecule has 36 heavy (non-hydrogen) atoms. The molecule has 194 valence electrons. The monoisotopic (exact) mass is 503 g/mol. The van der Waals surface area contributed by atoms with Crippen molar-refractivity contribution in [2.75, 3.05) is 26.7 Å². The van der Waals surface area contributed by atoms with Gasteiger partial charge in [-0.05, 0) is 76.9 Å². The van der Waals surface area contributed by atoms with Crippen LogP contribution in [0.5, 0.6) is 5.75 Å². The molecule has 5 rings (SSSR count). The molecule has 0 atom stereocenters. The fourth-order valence-electron chi connectivity index (χ4n) is 5.69. The average molecular weight is 504 g/mol. The van der Waals surface area contributed by atoms with Gasteiger partial charge in [0.2, 0.25) is 0 Å². The second-order valence-corrected chi connectivity index (χ2v) is 10.5. The van der Waals surface area contributed by atoms with Crippen LogP contribution in [-0.4, -0.2) is 58.8 Å². The van der Waals surface area contributed by atoms with Crippen LogP contribution < -0.4 is 4.74 Å². The number of ether oxygens (including phenoxy) is 1. The number of likely N-dealkylation sites (tertiary alicyclic amines) is 1. The Morgan fingerprint density at radius 2 is 1.72 bits per heavy atom. The number of piperidine rings is 1. The Morgan fingerprint density at radius 3 is 2.33 bits per heavy atom. The van der Waals surface area contributed by atoms with E-state index >= 15 is 0 Å². The summed E-state index contributed by atoms with van der Waals surface area (Å²) in [5.41, 5.74) is 0.646. The quantitative estimate of drug-likeness (QED) is 0.541. The number of halogens is 3. The first-order chi connectivity index (χ1) is 17.0. The number of hydrogen-bond donors (Lipinski definition) is 0. The molecule has 1 aromatic heterocycles. The summed E-state index contributed by atoms with van der Waals surface area (Å²) in [5, 5.41) is 0. The van der Waals surface area contributed by atoms with Crippen LogP contribution in [0.15, 0.2) is 30.3 Å². The van der Waals surface area contributed by atoms with Crippen LogP contribution in [0.1, 0.15) is 71.6 Å². The molecule has 3 aliphatic rings. The third kappa shape index (κ3) is 4.31. The lowest BCUT2D eigenvalue weighted by atomic mass is 9.81. The van der Waals surface area contributed by atoms with Gasteiger partial charge in [-0.15, -0.1) is 0 Å². The van der Waals surface area contributed by atoms with Crippen molar-refractivity contribution in [2.45, 2.75) is 63.9 Å². The van der Waals surface area contributed by atoms with E-state index in [1.807, 2.05) is 12.1 Å². The maximum Gasteiger partial charge on any atom is 0.419 e. The summed E-state index contributed by atoms with van der Waals surface area (Å²) in [6.07, 6.45) is -1.83. The van der Waals surface area contributed by atoms with Gasteiger partial charge in [-0.3, -0.25) is 14.5 Å². The van der Waals surface area contributed by atoms with E-state index in [2.05, 4.69) is 16.5 Å². The molecular formula is C27H32F3N3O3. The van der Waals surface area contributed by atoms with Gasteiger partial charge in [0.05, 0.1) is 22.9 Å². The van der Waals surface area contributed by atoms with Crippen molar-refractivity contribution in [3.05, 3.63) is 52.8 Å². The minimum Gasteiger partial charge on any atom is -0.490 e. The molecule has 0 unspecified atom stereocenters. The number of benzene rings is 1. The van der Waals surface area contributed by atoms with Crippen molar-refractivity contribution in [3.63, 3.8) is 0 Å². The number of aromatic nitrogens is 1. The van der Waals surface area contributed by atoms with Gasteiger partial charge < -0.3 is 14.2 Å². The van der Waals surface area contributed by atoms with Crippen LogP contribution in [0.4, 0.5) is 13.2 Å². The van der Waals surface area contributed by atoms with Gasteiger partial charge in [-0.25, -0.2) is 0 Å². The van der Waals surface area contributed by atoms with Crippen LogP contribution in [-0.2, 0) is 18.3 Å². The topological polar surface area (TPSA) is 54.8 Å². The SMILES string of the molecule is CC(C)Oc1ccc(C(=O)N2CCC3(CC2)c2ccc(C(=O)C4CC4)n2CCN3C)cc1C(F)(F)F. The van der Waals surface area contributed by atoms with Crippen LogP contribution >= 0.6 is 0 Å². The van der Waals surface area contributed by atoms with E-state index < -0.39 is 23.8 Å². The normalized spacial score (nSPS) is 20.0. The number of ketones is 1. The van der Waals surface area contributed by atoms with E-state index in [0.29, 0.717) is 25.9 Å². The van der Waals surface area contributed by atoms with Crippen molar-refractivity contribution in [3.8, 4) is 5.75 Å². The van der Waals surface area contributed by atoms with Crippen LogP contribution in [0.25, 0.3) is 0 Å². The second kappa shape index (κ2) is 8.94. The van der Waals surface area contributed by atoms with E-state index in [4.69, 9.17) is 4.74 Å². The molecule has 3 heterocycles. The van der Waals surface area contributed by atoms with Crippen LogP contribution in [0.2, 0.25) is 0 Å². The first kappa shape index (κ1) is 24.9. The van der Waals surface area contributed by atoms with Crippen molar-refractivity contribution in [2.24, 2.45) is 5.92 Å². The summed E-state index contributed by atoms with van der Waals surface area (Å²) in [4.78, 5) is 30.0. The molecule has 0 N–H and O–H groups in total. The standard InChI is InChI=1S/C27H32F3N3O3/c1-17(2)36-22-8-6-19(16-20(22)27(28,29)30)25(35)32-12-10-26(11-13-32)23-9-7-21(24(34)18-4-5-18)33(23)15-14-31(26)3/h6-9,16-18H,4-5,10-15H2,1-3H3. The van der Waals surface area contributed by atoms with E-state index in [1.54, 1.807) is 18.7 Å². The zero-order valence-electron chi connectivity index (χ0n) is 20.9. The predicted octanol–water partition coefficient (Wildman–Crippen LogP) is 4.96. The van der Waals surface area contributed by atoms with Crippen molar-refractivity contribution < 1.29 is 27.5 Å². The van der Waals surface area contributed by atoms with Gasteiger partial charge >= 0.3 is 6.18 Å². The van der Waals surface area contributed by atoms with Gasteiger partial charge in [0.25, 0.3) is 5.91 Å². The fourth-order valence-corrected chi connectivity index (χ4v) is 5.69. The second-order valence-electron chi connectivity index (χ2n) is 10.5. The maximum absolute atomic E-state index is 13.7. The molecule has 6 nitrogen and oxygen atoms in total. The Morgan fingerprint density at radius 1 is 1.03 bits per heavy atom. The smallest absolute Gasteiger partial charge is 0.419 e. The van der Waals surface area contributed by atoms with E-state index in [1.165, 1.54) is 12.1 Å². The highest BCUT2D eigenvalue weighted by Gasteiger charge is 2.46. The van der Waals surface area contributed by atoms with E-state index in [0.717, 1.165) is 43.4 Å². The lowest BCUT2D eigenvalue weighted by Gasteiger charge is -2.50. The minimum absolute atomic E-state index is 0.00655. The fraction of sp³-hybridized carbons (Fsp3) is 0.556. The molecule has 2 aliphatic heterocycles. The zero-order valence-corrected chi connectivity index (χ0v) is 20.9. The van der Waals surface area contributed by atoms with Gasteiger partial charge in [0.15, 0.2) is 5.78 Å². The van der Waals surface area contributed by atoms with Crippen molar-refractivity contribution in [1.82, 2.24) is 14.4 Å². The summed E-state index contributed by atoms with van der Waals surface area (Å²) >= 11 is 0. The molecule has 1 saturated heterocycles. The molecule has 1 amide bonds. The number of carbonyl (C=O) groups is 2. The highest BCUT2D eigenvalue weighted by atomic mass is 19.4. The van der Waals surface area contributed by atoms with Crippen molar-refractivity contribution >= 4 is 11.7 Å². The molecular weight excluding hydrogens is 471 g/mol. The number of fused-ring (bicyclic) bond motifs is 2. The largest absolute Gasteiger partial charge is 0.490 e. The minimum atomic E-state index is -4.63. The number of rotatable bonds is 5.